The van der Waals surface area contributed by atoms with Gasteiger partial charge in [0, 0.05) is 43.7 Å². The van der Waals surface area contributed by atoms with Crippen LogP contribution in [0.15, 0.2) is 24.3 Å². The van der Waals surface area contributed by atoms with Gasteiger partial charge in [0.25, 0.3) is 0 Å². The minimum Gasteiger partial charge on any atom is -0.497 e. The summed E-state index contributed by atoms with van der Waals surface area (Å²) in [5.74, 6) is 0.923. The Kier molecular flexibility index (Phi) is 4.68. The van der Waals surface area contributed by atoms with Crippen LogP contribution >= 0.6 is 15.9 Å². The first kappa shape index (κ1) is 12.7. The number of nitrogens with zero attached hydrogens (tertiary/aromatic N) is 2. The zero-order chi connectivity index (χ0) is 12.1. The van der Waals surface area contributed by atoms with Crippen molar-refractivity contribution >= 4 is 21.6 Å². The van der Waals surface area contributed by atoms with Gasteiger partial charge in [-0.25, -0.2) is 0 Å². The Hall–Kier alpha value is -0.740. The fourth-order valence-corrected chi connectivity index (χ4v) is 2.64. The molecule has 0 aromatic heterocycles. The van der Waals surface area contributed by atoms with Gasteiger partial charge in [-0.05, 0) is 24.3 Å². The minimum absolute atomic E-state index is 0.923. The van der Waals surface area contributed by atoms with Crippen LogP contribution in [0.1, 0.15) is 0 Å². The number of anilines is 1. The van der Waals surface area contributed by atoms with Gasteiger partial charge in [-0.15, -0.1) is 0 Å². The minimum atomic E-state index is 0.923. The predicted molar refractivity (Wildman–Crippen MR) is 75.4 cm³/mol. The molecule has 0 amide bonds. The number of halogens is 1. The molecule has 0 bridgehead atoms. The van der Waals surface area contributed by atoms with E-state index in [4.69, 9.17) is 4.74 Å². The van der Waals surface area contributed by atoms with Crippen LogP contribution in [0.5, 0.6) is 5.75 Å². The van der Waals surface area contributed by atoms with E-state index in [1.54, 1.807) is 7.11 Å². The van der Waals surface area contributed by atoms with E-state index < -0.39 is 0 Å². The maximum Gasteiger partial charge on any atom is 0.119 e. The van der Waals surface area contributed by atoms with Crippen molar-refractivity contribution in [3.05, 3.63) is 24.3 Å². The van der Waals surface area contributed by atoms with Gasteiger partial charge >= 0.3 is 0 Å². The van der Waals surface area contributed by atoms with E-state index >= 15 is 0 Å². The molecule has 0 aliphatic carbocycles. The molecule has 4 heteroatoms. The van der Waals surface area contributed by atoms with Gasteiger partial charge in [-0.2, -0.15) is 0 Å². The summed E-state index contributed by atoms with van der Waals surface area (Å²) in [7, 11) is 1.70. The summed E-state index contributed by atoms with van der Waals surface area (Å²) in [5.41, 5.74) is 1.30. The maximum absolute atomic E-state index is 5.17. The Bertz CT molecular complexity index is 334. The second kappa shape index (κ2) is 6.26. The van der Waals surface area contributed by atoms with Gasteiger partial charge < -0.3 is 9.64 Å². The van der Waals surface area contributed by atoms with Crippen LogP contribution in [0.4, 0.5) is 5.69 Å². The van der Waals surface area contributed by atoms with E-state index in [2.05, 4.69) is 37.9 Å². The van der Waals surface area contributed by atoms with Crippen molar-refractivity contribution in [3.63, 3.8) is 0 Å². The molecule has 0 saturated carbocycles. The monoisotopic (exact) mass is 298 g/mol. The molecule has 1 aromatic rings. The summed E-state index contributed by atoms with van der Waals surface area (Å²) in [6, 6.07) is 8.33. The Morgan fingerprint density at radius 3 is 2.29 bits per heavy atom. The highest BCUT2D eigenvalue weighted by atomic mass is 79.9. The normalized spacial score (nSPS) is 17.2. The molecule has 2 rings (SSSR count). The van der Waals surface area contributed by atoms with Crippen LogP contribution in [0.3, 0.4) is 0 Å². The SMILES string of the molecule is COc1ccc(N2CCN(CCBr)CC2)cc1. The van der Waals surface area contributed by atoms with Gasteiger partial charge in [-0.3, -0.25) is 4.90 Å². The van der Waals surface area contributed by atoms with Crippen LogP contribution in [0, 0.1) is 0 Å². The van der Waals surface area contributed by atoms with Gasteiger partial charge in [-0.1, -0.05) is 15.9 Å². The molecule has 94 valence electrons. The number of benzene rings is 1. The molecular weight excluding hydrogens is 280 g/mol. The number of alkyl halides is 1. The van der Waals surface area contributed by atoms with Gasteiger partial charge in [0.15, 0.2) is 0 Å². The van der Waals surface area contributed by atoms with Crippen LogP contribution in [0.25, 0.3) is 0 Å². The van der Waals surface area contributed by atoms with E-state index in [-0.39, 0.29) is 0 Å². The zero-order valence-electron chi connectivity index (χ0n) is 10.2. The first-order valence-corrected chi connectivity index (χ1v) is 7.13. The summed E-state index contributed by atoms with van der Waals surface area (Å²) in [6.45, 7) is 5.67. The Labute approximate surface area is 111 Å². The smallest absolute Gasteiger partial charge is 0.119 e. The lowest BCUT2D eigenvalue weighted by molar-refractivity contribution is 0.274. The molecule has 1 saturated heterocycles. The van der Waals surface area contributed by atoms with E-state index in [1.165, 1.54) is 5.69 Å². The van der Waals surface area contributed by atoms with E-state index in [0.29, 0.717) is 0 Å². The average molecular weight is 299 g/mol. The lowest BCUT2D eigenvalue weighted by atomic mass is 10.2. The Balaban J connectivity index is 1.91. The average Bonchev–Trinajstić information content (AvgIpc) is 2.40. The van der Waals surface area contributed by atoms with Crippen molar-refractivity contribution in [2.45, 2.75) is 0 Å². The number of rotatable bonds is 4. The van der Waals surface area contributed by atoms with Gasteiger partial charge in [0.2, 0.25) is 0 Å². The summed E-state index contributed by atoms with van der Waals surface area (Å²) in [4.78, 5) is 4.93. The lowest BCUT2D eigenvalue weighted by Crippen LogP contribution is -2.46. The summed E-state index contributed by atoms with van der Waals surface area (Å²) in [5, 5.41) is 1.07. The molecule has 17 heavy (non-hydrogen) atoms. The topological polar surface area (TPSA) is 15.7 Å². The number of piperazine rings is 1. The highest BCUT2D eigenvalue weighted by molar-refractivity contribution is 9.09. The highest BCUT2D eigenvalue weighted by Crippen LogP contribution is 2.20. The third-order valence-electron chi connectivity index (χ3n) is 3.21. The summed E-state index contributed by atoms with van der Waals surface area (Å²) in [6.07, 6.45) is 0. The first-order chi connectivity index (χ1) is 8.33. The molecule has 0 radical (unpaired) electrons. The Morgan fingerprint density at radius 2 is 1.76 bits per heavy atom. The molecule has 1 fully saturated rings. The van der Waals surface area contributed by atoms with Crippen molar-refractivity contribution in [1.82, 2.24) is 4.90 Å². The predicted octanol–water partition coefficient (Wildman–Crippen LogP) is 2.21. The van der Waals surface area contributed by atoms with Crippen molar-refractivity contribution < 1.29 is 4.74 Å². The molecule has 0 atom stereocenters. The highest BCUT2D eigenvalue weighted by Gasteiger charge is 2.16. The number of hydrogen-bond acceptors (Lipinski definition) is 3. The molecular formula is C13H19BrN2O. The van der Waals surface area contributed by atoms with Crippen LogP contribution in [-0.2, 0) is 0 Å². The standard InChI is InChI=1S/C13H19BrN2O/c1-17-13-4-2-12(3-5-13)16-10-8-15(7-6-14)9-11-16/h2-5H,6-11H2,1H3. The second-order valence-electron chi connectivity index (χ2n) is 4.22. The molecule has 3 nitrogen and oxygen atoms in total. The van der Waals surface area contributed by atoms with Crippen LogP contribution in [-0.4, -0.2) is 50.1 Å². The molecule has 1 aliphatic rings. The molecule has 0 spiro atoms. The fourth-order valence-electron chi connectivity index (χ4n) is 2.14. The van der Waals surface area contributed by atoms with Crippen molar-refractivity contribution in [2.75, 3.05) is 50.1 Å². The van der Waals surface area contributed by atoms with Crippen LogP contribution in [0.2, 0.25) is 0 Å². The fraction of sp³-hybridized carbons (Fsp3) is 0.538. The molecule has 1 aliphatic heterocycles. The van der Waals surface area contributed by atoms with Gasteiger partial charge in [0.05, 0.1) is 7.11 Å². The molecule has 0 N–H and O–H groups in total. The largest absolute Gasteiger partial charge is 0.497 e. The zero-order valence-corrected chi connectivity index (χ0v) is 11.8. The van der Waals surface area contributed by atoms with Gasteiger partial charge in [0.1, 0.15) is 5.75 Å². The molecule has 0 unspecified atom stereocenters. The number of ether oxygens (including phenoxy) is 1. The Morgan fingerprint density at radius 1 is 1.12 bits per heavy atom. The third-order valence-corrected chi connectivity index (χ3v) is 3.57. The maximum atomic E-state index is 5.17. The van der Waals surface area contributed by atoms with Crippen LogP contribution < -0.4 is 9.64 Å². The quantitative estimate of drug-likeness (QED) is 0.793. The molecule has 1 heterocycles. The van der Waals surface area contributed by atoms with Crippen molar-refractivity contribution in [1.29, 1.82) is 0 Å². The van der Waals surface area contributed by atoms with E-state index in [1.807, 2.05) is 12.1 Å². The van der Waals surface area contributed by atoms with Crippen molar-refractivity contribution in [2.24, 2.45) is 0 Å². The van der Waals surface area contributed by atoms with Crippen molar-refractivity contribution in [3.8, 4) is 5.75 Å². The molecule has 1 aromatic carbocycles. The third kappa shape index (κ3) is 3.36. The number of hydrogen-bond donors (Lipinski definition) is 0. The van der Waals surface area contributed by atoms with E-state index in [0.717, 1.165) is 43.8 Å². The summed E-state index contributed by atoms with van der Waals surface area (Å²) < 4.78 is 5.17. The summed E-state index contributed by atoms with van der Waals surface area (Å²) >= 11 is 3.49. The van der Waals surface area contributed by atoms with E-state index in [9.17, 15) is 0 Å². The second-order valence-corrected chi connectivity index (χ2v) is 5.01. The number of methoxy groups -OCH3 is 1. The first-order valence-electron chi connectivity index (χ1n) is 6.01. The lowest BCUT2D eigenvalue weighted by Gasteiger charge is -2.35.